The number of thioether (sulfide) groups is 1. The van der Waals surface area contributed by atoms with Gasteiger partial charge in [-0.2, -0.15) is 0 Å². The molecule has 8 heteroatoms. The Morgan fingerprint density at radius 2 is 2.19 bits per heavy atom. The van der Waals surface area contributed by atoms with Gasteiger partial charge in [-0.25, -0.2) is 9.78 Å². The minimum Gasteiger partial charge on any atom is -0.477 e. The predicted molar refractivity (Wildman–Crippen MR) is 79.4 cm³/mol. The molecular weight excluding hydrogens is 294 g/mol. The molecule has 0 unspecified atom stereocenters. The van der Waals surface area contributed by atoms with Crippen LogP contribution in [0.3, 0.4) is 0 Å². The molecule has 0 fully saturated rings. The van der Waals surface area contributed by atoms with Crippen molar-refractivity contribution >= 4 is 34.9 Å². The molecule has 2 aromatic rings. The first-order valence-corrected chi connectivity index (χ1v) is 7.02. The number of hydrogen-bond donors (Lipinski definition) is 2. The Kier molecular flexibility index (Phi) is 4.39. The minimum absolute atomic E-state index is 0.233. The van der Waals surface area contributed by atoms with Crippen LogP contribution >= 0.6 is 11.8 Å². The van der Waals surface area contributed by atoms with Crippen LogP contribution in [0.4, 0.5) is 17.2 Å². The van der Waals surface area contributed by atoms with Crippen LogP contribution in [-0.2, 0) is 0 Å². The Bertz CT molecular complexity index is 706. The lowest BCUT2D eigenvalue weighted by Gasteiger charge is -2.07. The maximum absolute atomic E-state index is 11.1. The van der Waals surface area contributed by atoms with Crippen molar-refractivity contribution in [3.63, 3.8) is 0 Å². The van der Waals surface area contributed by atoms with E-state index in [1.165, 1.54) is 0 Å². The molecule has 1 heterocycles. The highest BCUT2D eigenvalue weighted by Crippen LogP contribution is 2.24. The third kappa shape index (κ3) is 3.48. The second-order valence-corrected chi connectivity index (χ2v) is 4.89. The molecule has 0 saturated carbocycles. The van der Waals surface area contributed by atoms with Crippen LogP contribution < -0.4 is 5.32 Å². The smallest absolute Gasteiger partial charge is 0.342 e. The van der Waals surface area contributed by atoms with Crippen molar-refractivity contribution in [3.8, 4) is 0 Å². The van der Waals surface area contributed by atoms with Gasteiger partial charge in [-0.05, 0) is 24.5 Å². The molecular formula is C13H11N3O4S. The van der Waals surface area contributed by atoms with Gasteiger partial charge in [0.25, 0.3) is 0 Å². The number of benzene rings is 1. The van der Waals surface area contributed by atoms with Crippen molar-refractivity contribution in [2.45, 2.75) is 4.90 Å². The molecule has 0 aliphatic carbocycles. The van der Waals surface area contributed by atoms with E-state index in [0.29, 0.717) is 0 Å². The molecule has 2 N–H and O–H groups in total. The summed E-state index contributed by atoms with van der Waals surface area (Å²) in [6.07, 6.45) is 2.87. The van der Waals surface area contributed by atoms with E-state index in [2.05, 4.69) is 10.3 Å². The van der Waals surface area contributed by atoms with Crippen LogP contribution in [0.1, 0.15) is 10.4 Å². The normalized spacial score (nSPS) is 10.1. The second-order valence-electron chi connectivity index (χ2n) is 4.01. The fourth-order valence-corrected chi connectivity index (χ4v) is 2.14. The first-order chi connectivity index (χ1) is 10.0. The average molecular weight is 305 g/mol. The zero-order valence-electron chi connectivity index (χ0n) is 10.9. The summed E-state index contributed by atoms with van der Waals surface area (Å²) in [4.78, 5) is 26.0. The fourth-order valence-electron chi connectivity index (χ4n) is 1.68. The highest BCUT2D eigenvalue weighted by atomic mass is 32.2. The van der Waals surface area contributed by atoms with E-state index >= 15 is 0 Å². The van der Waals surface area contributed by atoms with Crippen LogP contribution in [0.5, 0.6) is 0 Å². The van der Waals surface area contributed by atoms with Crippen LogP contribution in [0, 0.1) is 10.1 Å². The average Bonchev–Trinajstić information content (AvgIpc) is 2.47. The third-order valence-corrected chi connectivity index (χ3v) is 3.38. The standard InChI is InChI=1S/C13H11N3O4S/c1-21-9-4-2-3-8(5-9)15-12-6-10(13(17)18)11(7-14-12)16(19)20/h2-7H,1H3,(H,14,15)(H,17,18). The summed E-state index contributed by atoms with van der Waals surface area (Å²) in [7, 11) is 0. The van der Waals surface area contributed by atoms with Gasteiger partial charge in [0, 0.05) is 16.6 Å². The van der Waals surface area contributed by atoms with E-state index in [1.54, 1.807) is 17.8 Å². The highest BCUT2D eigenvalue weighted by molar-refractivity contribution is 7.98. The SMILES string of the molecule is CSc1cccc(Nc2cc(C(=O)O)c([N+](=O)[O-])cn2)c1. The molecule has 1 aromatic heterocycles. The minimum atomic E-state index is -1.37. The van der Waals surface area contributed by atoms with E-state index in [0.717, 1.165) is 22.8 Å². The number of rotatable bonds is 5. The molecule has 0 spiro atoms. The van der Waals surface area contributed by atoms with Gasteiger partial charge in [0.1, 0.15) is 17.6 Å². The number of carboxylic acids is 1. The molecule has 7 nitrogen and oxygen atoms in total. The molecule has 0 aliphatic heterocycles. The largest absolute Gasteiger partial charge is 0.477 e. The zero-order chi connectivity index (χ0) is 15.4. The van der Waals surface area contributed by atoms with Gasteiger partial charge in [-0.3, -0.25) is 10.1 Å². The zero-order valence-corrected chi connectivity index (χ0v) is 11.8. The summed E-state index contributed by atoms with van der Waals surface area (Å²) < 4.78 is 0. The monoisotopic (exact) mass is 305 g/mol. The summed E-state index contributed by atoms with van der Waals surface area (Å²) in [6.45, 7) is 0. The number of hydrogen-bond acceptors (Lipinski definition) is 6. The Morgan fingerprint density at radius 1 is 1.43 bits per heavy atom. The summed E-state index contributed by atoms with van der Waals surface area (Å²) in [5.41, 5.74) is -0.219. The van der Waals surface area contributed by atoms with Crippen molar-refractivity contribution in [3.05, 3.63) is 52.2 Å². The van der Waals surface area contributed by atoms with Crippen molar-refractivity contribution in [1.29, 1.82) is 0 Å². The number of carbonyl (C=O) groups is 1. The van der Waals surface area contributed by atoms with Crippen LogP contribution in [0.15, 0.2) is 41.4 Å². The number of nitrogens with zero attached hydrogens (tertiary/aromatic N) is 2. The molecule has 0 aliphatic rings. The van der Waals surface area contributed by atoms with Crippen LogP contribution in [0.25, 0.3) is 0 Å². The summed E-state index contributed by atoms with van der Waals surface area (Å²) in [6, 6.07) is 8.59. The highest BCUT2D eigenvalue weighted by Gasteiger charge is 2.21. The van der Waals surface area contributed by atoms with Crippen molar-refractivity contribution in [1.82, 2.24) is 4.98 Å². The molecule has 108 valence electrons. The molecule has 2 rings (SSSR count). The first kappa shape index (κ1) is 14.8. The molecule has 0 radical (unpaired) electrons. The summed E-state index contributed by atoms with van der Waals surface area (Å²) >= 11 is 1.56. The van der Waals surface area contributed by atoms with Gasteiger partial charge in [0.15, 0.2) is 0 Å². The number of anilines is 2. The predicted octanol–water partition coefficient (Wildman–Crippen LogP) is 3.15. The van der Waals surface area contributed by atoms with Crippen LogP contribution in [0.2, 0.25) is 0 Å². The van der Waals surface area contributed by atoms with E-state index in [4.69, 9.17) is 5.11 Å². The molecule has 0 atom stereocenters. The number of pyridine rings is 1. The Hall–Kier alpha value is -2.61. The number of carboxylic acid groups (broad SMARTS) is 1. The van der Waals surface area contributed by atoms with Gasteiger partial charge in [-0.1, -0.05) is 6.07 Å². The van der Waals surface area contributed by atoms with Gasteiger partial charge in [0.05, 0.1) is 4.92 Å². The summed E-state index contributed by atoms with van der Waals surface area (Å²) in [5.74, 6) is -1.14. The van der Waals surface area contributed by atoms with E-state index in [-0.39, 0.29) is 5.82 Å². The Morgan fingerprint density at radius 3 is 2.81 bits per heavy atom. The van der Waals surface area contributed by atoms with Gasteiger partial charge in [0.2, 0.25) is 0 Å². The number of aromatic nitrogens is 1. The third-order valence-electron chi connectivity index (χ3n) is 2.65. The second kappa shape index (κ2) is 6.23. The lowest BCUT2D eigenvalue weighted by molar-refractivity contribution is -0.385. The topological polar surface area (TPSA) is 105 Å². The maximum Gasteiger partial charge on any atom is 0.342 e. The molecule has 0 bridgehead atoms. The molecule has 0 amide bonds. The maximum atomic E-state index is 11.1. The van der Waals surface area contributed by atoms with Crippen molar-refractivity contribution in [2.24, 2.45) is 0 Å². The molecule has 0 saturated heterocycles. The van der Waals surface area contributed by atoms with Crippen molar-refractivity contribution < 1.29 is 14.8 Å². The number of nitrogens with one attached hydrogen (secondary N) is 1. The Labute approximate surface area is 124 Å². The molecule has 21 heavy (non-hydrogen) atoms. The van der Waals surface area contributed by atoms with E-state index in [9.17, 15) is 14.9 Å². The van der Waals surface area contributed by atoms with E-state index in [1.807, 2.05) is 24.5 Å². The number of nitro groups is 1. The van der Waals surface area contributed by atoms with Gasteiger partial charge < -0.3 is 10.4 Å². The fraction of sp³-hybridized carbons (Fsp3) is 0.0769. The van der Waals surface area contributed by atoms with Gasteiger partial charge in [-0.15, -0.1) is 11.8 Å². The lowest BCUT2D eigenvalue weighted by atomic mass is 10.2. The molecule has 1 aromatic carbocycles. The summed E-state index contributed by atoms with van der Waals surface area (Å²) in [5, 5.41) is 22.7. The van der Waals surface area contributed by atoms with E-state index < -0.39 is 22.1 Å². The lowest BCUT2D eigenvalue weighted by Crippen LogP contribution is -2.05. The Balaban J connectivity index is 2.34. The van der Waals surface area contributed by atoms with Gasteiger partial charge >= 0.3 is 11.7 Å². The quantitative estimate of drug-likeness (QED) is 0.496. The first-order valence-electron chi connectivity index (χ1n) is 5.80. The van der Waals surface area contributed by atoms with Crippen LogP contribution in [-0.4, -0.2) is 27.2 Å². The number of aromatic carboxylic acids is 1. The van der Waals surface area contributed by atoms with Crippen molar-refractivity contribution in [2.75, 3.05) is 11.6 Å².